The number of nitrogens with zero attached hydrogens (tertiary/aromatic N) is 5. The molecule has 0 bridgehead atoms. The topological polar surface area (TPSA) is 110 Å². The van der Waals surface area contributed by atoms with E-state index < -0.39 is 5.82 Å². The van der Waals surface area contributed by atoms with E-state index in [9.17, 15) is 9.18 Å². The van der Waals surface area contributed by atoms with Crippen molar-refractivity contribution in [2.45, 2.75) is 64.0 Å². The Morgan fingerprint density at radius 3 is 2.88 bits per heavy atom. The summed E-state index contributed by atoms with van der Waals surface area (Å²) in [6.45, 7) is 5.07. The number of carbonyl (C=O) groups excluding carboxylic acids is 1. The van der Waals surface area contributed by atoms with Gasteiger partial charge in [-0.05, 0) is 44.2 Å². The lowest BCUT2D eigenvalue weighted by atomic mass is 9.91. The van der Waals surface area contributed by atoms with Gasteiger partial charge in [-0.2, -0.15) is 0 Å². The number of H-pyrrole nitrogens is 1. The number of likely N-dealkylation sites (N-methyl/N-ethyl adjacent to an activating group) is 1. The molecule has 2 amide bonds. The maximum Gasteiger partial charge on any atom is 0.317 e. The number of halogens is 1. The second-order valence-electron chi connectivity index (χ2n) is 10.8. The average molecular weight is 566 g/mol. The third-order valence-electron chi connectivity index (χ3n) is 7.74. The summed E-state index contributed by atoms with van der Waals surface area (Å²) in [5.41, 5.74) is 2.13. The number of amides is 2. The van der Waals surface area contributed by atoms with Gasteiger partial charge < -0.3 is 29.2 Å². The van der Waals surface area contributed by atoms with Crippen LogP contribution in [-0.2, 0) is 9.47 Å². The van der Waals surface area contributed by atoms with E-state index in [2.05, 4.69) is 31.8 Å². The molecule has 2 atom stereocenters. The highest BCUT2D eigenvalue weighted by Crippen LogP contribution is 2.33. The molecule has 0 spiro atoms. The van der Waals surface area contributed by atoms with Gasteiger partial charge in [0.1, 0.15) is 17.1 Å². The quantitative estimate of drug-likeness (QED) is 0.208. The van der Waals surface area contributed by atoms with Crippen LogP contribution in [0.25, 0.3) is 33.5 Å². The van der Waals surface area contributed by atoms with Gasteiger partial charge >= 0.3 is 6.03 Å². The van der Waals surface area contributed by atoms with Crippen molar-refractivity contribution >= 4 is 28.1 Å². The summed E-state index contributed by atoms with van der Waals surface area (Å²) in [5, 5.41) is 4.80. The van der Waals surface area contributed by atoms with Crippen LogP contribution >= 0.6 is 0 Å². The van der Waals surface area contributed by atoms with Crippen LogP contribution in [0.1, 0.15) is 57.9 Å². The number of aromatic nitrogens is 5. The van der Waals surface area contributed by atoms with Crippen LogP contribution in [0.15, 0.2) is 36.9 Å². The summed E-state index contributed by atoms with van der Waals surface area (Å²) in [4.78, 5) is 31.2. The minimum Gasteiger partial charge on any atom is -0.379 e. The molecule has 4 aromatic heterocycles. The second-order valence-corrected chi connectivity index (χ2v) is 10.8. The first-order valence-corrected chi connectivity index (χ1v) is 14.7. The molecule has 10 nitrogen and oxygen atoms in total. The first-order valence-electron chi connectivity index (χ1n) is 14.7. The lowest BCUT2D eigenvalue weighted by Crippen LogP contribution is -2.46. The number of urea groups is 1. The molecule has 1 saturated carbocycles. The molecule has 4 heterocycles. The molecule has 11 heteroatoms. The van der Waals surface area contributed by atoms with Crippen molar-refractivity contribution in [2.24, 2.45) is 0 Å². The number of fused-ring (bicyclic) bond motifs is 2. The predicted molar refractivity (Wildman–Crippen MR) is 156 cm³/mol. The molecule has 0 unspecified atom stereocenters. The summed E-state index contributed by atoms with van der Waals surface area (Å²) in [6, 6.07) is 3.64. The van der Waals surface area contributed by atoms with Gasteiger partial charge in [0.2, 0.25) is 0 Å². The maximum absolute atomic E-state index is 13.9. The number of ether oxygens (including phenoxy) is 2. The third-order valence-corrected chi connectivity index (χ3v) is 7.74. The van der Waals surface area contributed by atoms with E-state index in [1.165, 1.54) is 25.1 Å². The smallest absolute Gasteiger partial charge is 0.317 e. The first kappa shape index (κ1) is 28.9. The van der Waals surface area contributed by atoms with E-state index in [-0.39, 0.29) is 18.1 Å². The molecule has 5 rings (SSSR count). The highest BCUT2D eigenvalue weighted by atomic mass is 19.1. The van der Waals surface area contributed by atoms with Crippen molar-refractivity contribution in [3.8, 4) is 11.4 Å². The molecule has 0 aliphatic heterocycles. The molecule has 220 valence electrons. The number of aromatic amines is 1. The second kappa shape index (κ2) is 13.9. The van der Waals surface area contributed by atoms with Crippen LogP contribution in [0.3, 0.4) is 0 Å². The van der Waals surface area contributed by atoms with Gasteiger partial charge in [-0.15, -0.1) is 0 Å². The van der Waals surface area contributed by atoms with Crippen LogP contribution in [0.2, 0.25) is 0 Å². The Labute approximate surface area is 239 Å². The fourth-order valence-electron chi connectivity index (χ4n) is 5.44. The largest absolute Gasteiger partial charge is 0.379 e. The van der Waals surface area contributed by atoms with E-state index in [1.54, 1.807) is 24.3 Å². The molecule has 1 aliphatic carbocycles. The van der Waals surface area contributed by atoms with Crippen molar-refractivity contribution in [3.05, 3.63) is 42.7 Å². The Kier molecular flexibility index (Phi) is 9.79. The van der Waals surface area contributed by atoms with E-state index in [0.717, 1.165) is 49.7 Å². The highest BCUT2D eigenvalue weighted by Gasteiger charge is 2.26. The van der Waals surface area contributed by atoms with Crippen molar-refractivity contribution in [2.75, 3.05) is 40.0 Å². The van der Waals surface area contributed by atoms with Crippen molar-refractivity contribution in [1.29, 1.82) is 0 Å². The number of hydrogen-bond acceptors (Lipinski definition) is 6. The normalized spacial score (nSPS) is 17.3. The van der Waals surface area contributed by atoms with E-state index in [0.29, 0.717) is 48.8 Å². The zero-order valence-electron chi connectivity index (χ0n) is 23.9. The average Bonchev–Trinajstić information content (AvgIpc) is 3.60. The standard InChI is InChI=1S/C30H40FN7O3/c1-3-4-5-12-40-14-15-41-13-11-37(2)30(39)35-23-7-6-8-24(17-23)38-10-9-21-18-32-28(36-29(21)38)26-20-34-27-25(26)16-22(31)19-33-27/h9-10,16,18-20,23-24H,3-8,11-15,17H2,1-2H3,(H,33,34)(H,35,39)/t23-,24+/m1/s1. The zero-order valence-corrected chi connectivity index (χ0v) is 23.9. The monoisotopic (exact) mass is 565 g/mol. The van der Waals surface area contributed by atoms with Gasteiger partial charge in [-0.3, -0.25) is 0 Å². The number of hydrogen-bond donors (Lipinski definition) is 2. The Morgan fingerprint density at radius 1 is 1.17 bits per heavy atom. The highest BCUT2D eigenvalue weighted by molar-refractivity contribution is 5.92. The Balaban J connectivity index is 1.15. The third kappa shape index (κ3) is 7.20. The Hall–Kier alpha value is -3.57. The zero-order chi connectivity index (χ0) is 28.6. The van der Waals surface area contributed by atoms with Gasteiger partial charge in [0.05, 0.1) is 26.0 Å². The number of carbonyl (C=O) groups is 1. The number of nitrogens with one attached hydrogen (secondary N) is 2. The summed E-state index contributed by atoms with van der Waals surface area (Å²) in [7, 11) is 1.80. The molecule has 1 aliphatic rings. The van der Waals surface area contributed by atoms with Crippen LogP contribution in [-0.4, -0.2) is 81.5 Å². The molecule has 0 saturated heterocycles. The van der Waals surface area contributed by atoms with Crippen LogP contribution in [0.4, 0.5) is 9.18 Å². The molecule has 2 N–H and O–H groups in total. The molecule has 4 aromatic rings. The molecular formula is C30H40FN7O3. The minimum atomic E-state index is -0.404. The van der Waals surface area contributed by atoms with Crippen molar-refractivity contribution in [3.63, 3.8) is 0 Å². The fraction of sp³-hybridized carbons (Fsp3) is 0.533. The summed E-state index contributed by atoms with van der Waals surface area (Å²) >= 11 is 0. The van der Waals surface area contributed by atoms with Crippen LogP contribution in [0, 0.1) is 5.82 Å². The van der Waals surface area contributed by atoms with Gasteiger partial charge in [-0.1, -0.05) is 19.8 Å². The van der Waals surface area contributed by atoms with E-state index in [1.807, 2.05) is 12.3 Å². The minimum absolute atomic E-state index is 0.0718. The Bertz CT molecular complexity index is 1440. The van der Waals surface area contributed by atoms with Crippen LogP contribution in [0.5, 0.6) is 0 Å². The van der Waals surface area contributed by atoms with Gasteiger partial charge in [-0.25, -0.2) is 24.1 Å². The van der Waals surface area contributed by atoms with Gasteiger partial charge in [0.25, 0.3) is 0 Å². The number of rotatable bonds is 13. The van der Waals surface area contributed by atoms with Crippen LogP contribution < -0.4 is 5.32 Å². The van der Waals surface area contributed by atoms with Gasteiger partial charge in [0.15, 0.2) is 5.82 Å². The molecule has 0 aromatic carbocycles. The van der Waals surface area contributed by atoms with Gasteiger partial charge in [0, 0.05) is 67.2 Å². The molecular weight excluding hydrogens is 525 g/mol. The Morgan fingerprint density at radius 2 is 2.02 bits per heavy atom. The van der Waals surface area contributed by atoms with E-state index in [4.69, 9.17) is 14.5 Å². The summed E-state index contributed by atoms with van der Waals surface area (Å²) in [5.74, 6) is 0.114. The predicted octanol–water partition coefficient (Wildman–Crippen LogP) is 5.46. The number of pyridine rings is 1. The molecule has 1 fully saturated rings. The summed E-state index contributed by atoms with van der Waals surface area (Å²) in [6.07, 6.45) is 14.0. The van der Waals surface area contributed by atoms with Crippen molar-refractivity contribution in [1.82, 2.24) is 34.7 Å². The fourth-order valence-corrected chi connectivity index (χ4v) is 5.44. The maximum atomic E-state index is 13.9. The lowest BCUT2D eigenvalue weighted by molar-refractivity contribution is 0.0418. The summed E-state index contributed by atoms with van der Waals surface area (Å²) < 4.78 is 27.3. The van der Waals surface area contributed by atoms with Crippen molar-refractivity contribution < 1.29 is 18.7 Å². The SMILES string of the molecule is CCCCCOCCOCCN(C)C(=O)N[C@@H]1CCC[C@H](n2ccc3cnc(-c4c[nH]c5ncc(F)cc45)nc32)C1. The lowest BCUT2D eigenvalue weighted by Gasteiger charge is -2.32. The molecule has 41 heavy (non-hydrogen) atoms. The van der Waals surface area contributed by atoms with E-state index >= 15 is 0 Å². The molecule has 0 radical (unpaired) electrons. The first-order chi connectivity index (χ1) is 20.0. The number of unbranched alkanes of at least 4 members (excludes halogenated alkanes) is 2.